The molecule has 0 atom stereocenters. The highest BCUT2D eigenvalue weighted by Crippen LogP contribution is 2.29. The van der Waals surface area contributed by atoms with Crippen molar-refractivity contribution in [3.63, 3.8) is 0 Å². The van der Waals surface area contributed by atoms with Gasteiger partial charge in [0.15, 0.2) is 0 Å². The molecule has 0 aliphatic rings. The van der Waals surface area contributed by atoms with E-state index in [9.17, 15) is 0 Å². The number of rotatable bonds is 3. The predicted octanol–water partition coefficient (Wildman–Crippen LogP) is 3.43. The lowest BCUT2D eigenvalue weighted by Gasteiger charge is -2.11. The number of anilines is 1. The molecule has 3 aromatic rings. The van der Waals surface area contributed by atoms with Gasteiger partial charge < -0.3 is 5.32 Å². The van der Waals surface area contributed by atoms with E-state index in [2.05, 4.69) is 45.4 Å². The Morgan fingerprint density at radius 3 is 2.75 bits per heavy atom. The van der Waals surface area contributed by atoms with Gasteiger partial charge in [-0.3, -0.25) is 4.98 Å². The van der Waals surface area contributed by atoms with Gasteiger partial charge in [0, 0.05) is 29.3 Å². The molecule has 0 amide bonds. The van der Waals surface area contributed by atoms with E-state index in [1.807, 2.05) is 25.3 Å². The standard InChI is InChI=1S/C16H16N4/c1-3-17-16-11(2)14(19-10-20-16)13-8-4-6-12-7-5-9-18-15(12)13/h4-10H,3H2,1-2H3,(H,17,19,20). The maximum Gasteiger partial charge on any atom is 0.132 e. The minimum absolute atomic E-state index is 0.838. The second kappa shape index (κ2) is 5.25. The van der Waals surface area contributed by atoms with Crippen LogP contribution in [0, 0.1) is 6.92 Å². The first-order valence-corrected chi connectivity index (χ1v) is 6.71. The van der Waals surface area contributed by atoms with Crippen molar-refractivity contribution >= 4 is 16.7 Å². The number of nitrogens with one attached hydrogen (secondary N) is 1. The normalized spacial score (nSPS) is 10.7. The van der Waals surface area contributed by atoms with E-state index in [-0.39, 0.29) is 0 Å². The molecule has 0 saturated heterocycles. The summed E-state index contributed by atoms with van der Waals surface area (Å²) in [6.45, 7) is 4.93. The highest BCUT2D eigenvalue weighted by Gasteiger charge is 2.11. The first kappa shape index (κ1) is 12.5. The number of benzene rings is 1. The summed E-state index contributed by atoms with van der Waals surface area (Å²) in [4.78, 5) is 13.2. The summed E-state index contributed by atoms with van der Waals surface area (Å²) < 4.78 is 0. The van der Waals surface area contributed by atoms with Gasteiger partial charge >= 0.3 is 0 Å². The fraction of sp³-hybridized carbons (Fsp3) is 0.188. The third-order valence-corrected chi connectivity index (χ3v) is 3.32. The molecule has 0 aliphatic carbocycles. The van der Waals surface area contributed by atoms with Crippen molar-refractivity contribution in [3.8, 4) is 11.3 Å². The lowest BCUT2D eigenvalue weighted by molar-refractivity contribution is 1.09. The molecular formula is C16H16N4. The Hall–Kier alpha value is -2.49. The molecule has 0 bridgehead atoms. The van der Waals surface area contributed by atoms with E-state index in [1.165, 1.54) is 0 Å². The van der Waals surface area contributed by atoms with E-state index in [1.54, 1.807) is 6.33 Å². The van der Waals surface area contributed by atoms with Crippen LogP contribution in [0.4, 0.5) is 5.82 Å². The molecule has 2 aromatic heterocycles. The average Bonchev–Trinajstić information content (AvgIpc) is 2.49. The van der Waals surface area contributed by atoms with Crippen LogP contribution in [0.5, 0.6) is 0 Å². The molecule has 2 heterocycles. The second-order valence-electron chi connectivity index (χ2n) is 4.61. The van der Waals surface area contributed by atoms with Gasteiger partial charge in [0.1, 0.15) is 12.1 Å². The van der Waals surface area contributed by atoms with E-state index < -0.39 is 0 Å². The average molecular weight is 264 g/mol. The zero-order valence-electron chi connectivity index (χ0n) is 11.6. The summed E-state index contributed by atoms with van der Waals surface area (Å²) in [5, 5.41) is 4.38. The van der Waals surface area contributed by atoms with Crippen molar-refractivity contribution in [2.24, 2.45) is 0 Å². The SMILES string of the molecule is CCNc1ncnc(-c2cccc3cccnc23)c1C. The molecule has 0 unspecified atom stereocenters. The van der Waals surface area contributed by atoms with Gasteiger partial charge in [0.25, 0.3) is 0 Å². The smallest absolute Gasteiger partial charge is 0.132 e. The summed E-state index contributed by atoms with van der Waals surface area (Å²) in [5.74, 6) is 0.880. The van der Waals surface area contributed by atoms with Gasteiger partial charge in [0.2, 0.25) is 0 Å². The lowest BCUT2D eigenvalue weighted by Crippen LogP contribution is -2.04. The molecule has 4 heteroatoms. The number of para-hydroxylation sites is 1. The molecule has 100 valence electrons. The van der Waals surface area contributed by atoms with Crippen molar-refractivity contribution in [2.45, 2.75) is 13.8 Å². The van der Waals surface area contributed by atoms with Crippen molar-refractivity contribution in [2.75, 3.05) is 11.9 Å². The topological polar surface area (TPSA) is 50.7 Å². The van der Waals surface area contributed by atoms with Crippen molar-refractivity contribution in [1.82, 2.24) is 15.0 Å². The Bertz CT molecular complexity index is 747. The number of hydrogen-bond acceptors (Lipinski definition) is 4. The van der Waals surface area contributed by atoms with Crippen LogP contribution in [0.15, 0.2) is 42.9 Å². The zero-order chi connectivity index (χ0) is 13.9. The molecule has 0 fully saturated rings. The molecule has 0 saturated carbocycles. The quantitative estimate of drug-likeness (QED) is 0.787. The lowest BCUT2D eigenvalue weighted by atomic mass is 10.0. The van der Waals surface area contributed by atoms with Crippen LogP contribution < -0.4 is 5.32 Å². The second-order valence-corrected chi connectivity index (χ2v) is 4.61. The van der Waals surface area contributed by atoms with Gasteiger partial charge in [0.05, 0.1) is 11.2 Å². The highest BCUT2D eigenvalue weighted by atomic mass is 15.0. The first-order chi connectivity index (χ1) is 9.81. The van der Waals surface area contributed by atoms with Gasteiger partial charge in [-0.05, 0) is 19.9 Å². The first-order valence-electron chi connectivity index (χ1n) is 6.71. The summed E-state index contributed by atoms with van der Waals surface area (Å²) in [7, 11) is 0. The van der Waals surface area contributed by atoms with Crippen LogP contribution in [0.1, 0.15) is 12.5 Å². The fourth-order valence-corrected chi connectivity index (χ4v) is 2.36. The minimum Gasteiger partial charge on any atom is -0.370 e. The Labute approximate surface area is 117 Å². The zero-order valence-corrected chi connectivity index (χ0v) is 11.6. The Balaban J connectivity index is 2.23. The van der Waals surface area contributed by atoms with Crippen LogP contribution >= 0.6 is 0 Å². The minimum atomic E-state index is 0.838. The Kier molecular flexibility index (Phi) is 3.29. The van der Waals surface area contributed by atoms with Gasteiger partial charge in [-0.15, -0.1) is 0 Å². The monoisotopic (exact) mass is 264 g/mol. The van der Waals surface area contributed by atoms with Crippen molar-refractivity contribution < 1.29 is 0 Å². The molecule has 3 rings (SSSR count). The number of hydrogen-bond donors (Lipinski definition) is 1. The molecular weight excluding hydrogens is 248 g/mol. The summed E-state index contributed by atoms with van der Waals surface area (Å²) in [5.41, 5.74) is 3.99. The molecule has 0 radical (unpaired) electrons. The number of fused-ring (bicyclic) bond motifs is 1. The van der Waals surface area contributed by atoms with E-state index in [0.29, 0.717) is 0 Å². The third kappa shape index (κ3) is 2.09. The number of pyridine rings is 1. The summed E-state index contributed by atoms with van der Waals surface area (Å²) in [6.07, 6.45) is 3.41. The molecule has 0 spiro atoms. The van der Waals surface area contributed by atoms with Crippen LogP contribution in [-0.2, 0) is 0 Å². The molecule has 20 heavy (non-hydrogen) atoms. The Morgan fingerprint density at radius 2 is 1.90 bits per heavy atom. The van der Waals surface area contributed by atoms with Crippen LogP contribution in [-0.4, -0.2) is 21.5 Å². The van der Waals surface area contributed by atoms with Gasteiger partial charge in [-0.25, -0.2) is 9.97 Å². The van der Waals surface area contributed by atoms with E-state index >= 15 is 0 Å². The summed E-state index contributed by atoms with van der Waals surface area (Å²) in [6, 6.07) is 10.2. The van der Waals surface area contributed by atoms with E-state index in [4.69, 9.17) is 0 Å². The number of nitrogens with zero attached hydrogens (tertiary/aromatic N) is 3. The predicted molar refractivity (Wildman–Crippen MR) is 81.7 cm³/mol. The maximum absolute atomic E-state index is 4.49. The summed E-state index contributed by atoms with van der Waals surface area (Å²) >= 11 is 0. The van der Waals surface area contributed by atoms with E-state index in [0.717, 1.165) is 40.1 Å². The third-order valence-electron chi connectivity index (χ3n) is 3.32. The van der Waals surface area contributed by atoms with Gasteiger partial charge in [-0.2, -0.15) is 0 Å². The van der Waals surface area contributed by atoms with Crippen LogP contribution in [0.3, 0.4) is 0 Å². The maximum atomic E-state index is 4.49. The van der Waals surface area contributed by atoms with Crippen LogP contribution in [0.25, 0.3) is 22.2 Å². The Morgan fingerprint density at radius 1 is 1.05 bits per heavy atom. The molecule has 0 aliphatic heterocycles. The highest BCUT2D eigenvalue weighted by molar-refractivity contribution is 5.93. The largest absolute Gasteiger partial charge is 0.370 e. The molecule has 1 N–H and O–H groups in total. The molecule has 4 nitrogen and oxygen atoms in total. The fourth-order valence-electron chi connectivity index (χ4n) is 2.36. The van der Waals surface area contributed by atoms with Gasteiger partial charge in [-0.1, -0.05) is 24.3 Å². The molecule has 1 aromatic carbocycles. The van der Waals surface area contributed by atoms with Crippen LogP contribution in [0.2, 0.25) is 0 Å². The number of aromatic nitrogens is 3. The van der Waals surface area contributed by atoms with Crippen molar-refractivity contribution in [1.29, 1.82) is 0 Å². The van der Waals surface area contributed by atoms with Crippen molar-refractivity contribution in [3.05, 3.63) is 48.4 Å².